The standard InChI is InChI=1S/C19H20N4O4/c20-18(21)12-3-6-16(22-9-12)11-1-4-15(5-2-11)27-10-14-7-13(8-17(24)25)19(26)23-14/h1-6,9,13-14H,7-8,10H2,(H3,20,21)(H,23,26)(H,24,25)/t13-,14-/m0/s1. The zero-order valence-corrected chi connectivity index (χ0v) is 14.5. The van der Waals surface area contributed by atoms with E-state index >= 15 is 0 Å². The van der Waals surface area contributed by atoms with Crippen molar-refractivity contribution in [3.63, 3.8) is 0 Å². The molecule has 5 N–H and O–H groups in total. The van der Waals surface area contributed by atoms with Gasteiger partial charge in [-0.3, -0.25) is 20.0 Å². The lowest BCUT2D eigenvalue weighted by atomic mass is 10.0. The van der Waals surface area contributed by atoms with Gasteiger partial charge in [0.1, 0.15) is 18.2 Å². The molecule has 0 spiro atoms. The second-order valence-corrected chi connectivity index (χ2v) is 6.42. The Labute approximate surface area is 155 Å². The van der Waals surface area contributed by atoms with Crippen molar-refractivity contribution in [1.29, 1.82) is 5.41 Å². The Bertz CT molecular complexity index is 849. The zero-order chi connectivity index (χ0) is 19.4. The van der Waals surface area contributed by atoms with Crippen LogP contribution in [0.5, 0.6) is 5.75 Å². The first-order valence-electron chi connectivity index (χ1n) is 8.48. The number of hydrogen-bond donors (Lipinski definition) is 4. The molecule has 1 aliphatic heterocycles. The third kappa shape index (κ3) is 4.60. The lowest BCUT2D eigenvalue weighted by Crippen LogP contribution is -2.31. The molecule has 3 rings (SSSR count). The van der Waals surface area contributed by atoms with Gasteiger partial charge < -0.3 is 20.9 Å². The summed E-state index contributed by atoms with van der Waals surface area (Å²) in [5.74, 6) is -1.08. The van der Waals surface area contributed by atoms with Gasteiger partial charge in [-0.2, -0.15) is 0 Å². The maximum absolute atomic E-state index is 11.7. The van der Waals surface area contributed by atoms with Crippen molar-refractivity contribution in [3.8, 4) is 17.0 Å². The predicted molar refractivity (Wildman–Crippen MR) is 98.5 cm³/mol. The van der Waals surface area contributed by atoms with Crippen LogP contribution in [0.2, 0.25) is 0 Å². The molecule has 1 saturated heterocycles. The number of carbonyl (C=O) groups is 2. The summed E-state index contributed by atoms with van der Waals surface area (Å²) >= 11 is 0. The number of carbonyl (C=O) groups excluding carboxylic acids is 1. The molecule has 140 valence electrons. The molecule has 27 heavy (non-hydrogen) atoms. The first-order valence-corrected chi connectivity index (χ1v) is 8.48. The van der Waals surface area contributed by atoms with E-state index in [1.165, 1.54) is 0 Å². The summed E-state index contributed by atoms with van der Waals surface area (Å²) in [7, 11) is 0. The molecular weight excluding hydrogens is 348 g/mol. The number of carboxylic acid groups (broad SMARTS) is 1. The highest BCUT2D eigenvalue weighted by molar-refractivity contribution is 5.94. The fourth-order valence-electron chi connectivity index (χ4n) is 2.97. The number of nitrogens with one attached hydrogen (secondary N) is 2. The fraction of sp³-hybridized carbons (Fsp3) is 0.263. The van der Waals surface area contributed by atoms with Crippen LogP contribution in [0.25, 0.3) is 11.3 Å². The van der Waals surface area contributed by atoms with E-state index in [9.17, 15) is 9.59 Å². The van der Waals surface area contributed by atoms with Crippen LogP contribution in [0.4, 0.5) is 0 Å². The van der Waals surface area contributed by atoms with Crippen LogP contribution in [-0.2, 0) is 9.59 Å². The Hall–Kier alpha value is -3.42. The monoisotopic (exact) mass is 368 g/mol. The van der Waals surface area contributed by atoms with Gasteiger partial charge in [-0.15, -0.1) is 0 Å². The van der Waals surface area contributed by atoms with Gasteiger partial charge in [0, 0.05) is 17.3 Å². The summed E-state index contributed by atoms with van der Waals surface area (Å²) in [6, 6.07) is 10.7. The molecule has 1 aromatic heterocycles. The van der Waals surface area contributed by atoms with Crippen LogP contribution < -0.4 is 15.8 Å². The third-order valence-corrected chi connectivity index (χ3v) is 4.38. The van der Waals surface area contributed by atoms with Crippen LogP contribution in [0.15, 0.2) is 42.6 Å². The Balaban J connectivity index is 1.56. The zero-order valence-electron chi connectivity index (χ0n) is 14.5. The second kappa shape index (κ2) is 7.86. The van der Waals surface area contributed by atoms with E-state index in [1.807, 2.05) is 12.1 Å². The van der Waals surface area contributed by atoms with Crippen LogP contribution >= 0.6 is 0 Å². The minimum Gasteiger partial charge on any atom is -0.491 e. The molecule has 2 aromatic rings. The van der Waals surface area contributed by atoms with Crippen molar-refractivity contribution < 1.29 is 19.4 Å². The molecule has 8 heteroatoms. The molecule has 1 fully saturated rings. The molecule has 0 bridgehead atoms. The van der Waals surface area contributed by atoms with Gasteiger partial charge in [-0.25, -0.2) is 0 Å². The lowest BCUT2D eigenvalue weighted by molar-refractivity contribution is -0.140. The molecule has 1 aromatic carbocycles. The van der Waals surface area contributed by atoms with Crippen molar-refractivity contribution in [2.75, 3.05) is 6.61 Å². The summed E-state index contributed by atoms with van der Waals surface area (Å²) in [6.45, 7) is 0.284. The molecule has 0 aliphatic carbocycles. The Morgan fingerprint density at radius 1 is 1.30 bits per heavy atom. The smallest absolute Gasteiger partial charge is 0.304 e. The highest BCUT2D eigenvalue weighted by atomic mass is 16.5. The number of amidine groups is 1. The lowest BCUT2D eigenvalue weighted by Gasteiger charge is -2.12. The highest BCUT2D eigenvalue weighted by Gasteiger charge is 2.33. The van der Waals surface area contributed by atoms with Gasteiger partial charge in [0.25, 0.3) is 0 Å². The Morgan fingerprint density at radius 3 is 2.63 bits per heavy atom. The number of hydrogen-bond acceptors (Lipinski definition) is 5. The first kappa shape index (κ1) is 18.4. The van der Waals surface area contributed by atoms with E-state index in [1.54, 1.807) is 30.5 Å². The van der Waals surface area contributed by atoms with E-state index in [2.05, 4.69) is 10.3 Å². The molecule has 0 saturated carbocycles. The molecular formula is C19H20N4O4. The molecule has 8 nitrogen and oxygen atoms in total. The van der Waals surface area contributed by atoms with Crippen LogP contribution in [0.1, 0.15) is 18.4 Å². The quantitative estimate of drug-likeness (QED) is 0.430. The van der Waals surface area contributed by atoms with E-state index < -0.39 is 11.9 Å². The number of amides is 1. The average Bonchev–Trinajstić information content (AvgIpc) is 2.99. The van der Waals surface area contributed by atoms with Gasteiger partial charge in [-0.1, -0.05) is 0 Å². The summed E-state index contributed by atoms with van der Waals surface area (Å²) < 4.78 is 5.71. The number of nitrogens with two attached hydrogens (primary N) is 1. The number of ether oxygens (including phenoxy) is 1. The minimum absolute atomic E-state index is 0.0256. The molecule has 2 atom stereocenters. The molecule has 1 amide bonds. The Morgan fingerprint density at radius 2 is 2.04 bits per heavy atom. The Kier molecular flexibility index (Phi) is 5.35. The number of pyridine rings is 1. The van der Waals surface area contributed by atoms with Crippen LogP contribution in [0.3, 0.4) is 0 Å². The predicted octanol–water partition coefficient (Wildman–Crippen LogP) is 1.39. The maximum atomic E-state index is 11.7. The van der Waals surface area contributed by atoms with Crippen molar-refractivity contribution >= 4 is 17.7 Å². The van der Waals surface area contributed by atoms with Gasteiger partial charge in [0.2, 0.25) is 5.91 Å². The normalized spacial score (nSPS) is 18.7. The van der Waals surface area contributed by atoms with Crippen LogP contribution in [-0.4, -0.2) is 40.5 Å². The second-order valence-electron chi connectivity index (χ2n) is 6.42. The fourth-order valence-corrected chi connectivity index (χ4v) is 2.97. The van der Waals surface area contributed by atoms with Gasteiger partial charge >= 0.3 is 5.97 Å². The average molecular weight is 368 g/mol. The highest BCUT2D eigenvalue weighted by Crippen LogP contribution is 2.23. The number of aliphatic carboxylic acids is 1. The van der Waals surface area contributed by atoms with Crippen molar-refractivity contribution in [2.45, 2.75) is 18.9 Å². The van der Waals surface area contributed by atoms with E-state index in [0.717, 1.165) is 11.3 Å². The number of nitrogen functional groups attached to an aromatic ring is 1. The van der Waals surface area contributed by atoms with Gasteiger partial charge in [0.15, 0.2) is 0 Å². The summed E-state index contributed by atoms with van der Waals surface area (Å²) in [5, 5.41) is 19.0. The number of rotatable bonds is 7. The number of nitrogens with zero attached hydrogens (tertiary/aromatic N) is 1. The van der Waals surface area contributed by atoms with E-state index in [-0.39, 0.29) is 30.8 Å². The van der Waals surface area contributed by atoms with Gasteiger partial charge in [-0.05, 0) is 42.8 Å². The summed E-state index contributed by atoms with van der Waals surface area (Å²) in [4.78, 5) is 26.8. The summed E-state index contributed by atoms with van der Waals surface area (Å²) in [5.41, 5.74) is 7.64. The topological polar surface area (TPSA) is 138 Å². The van der Waals surface area contributed by atoms with Crippen molar-refractivity contribution in [1.82, 2.24) is 10.3 Å². The summed E-state index contributed by atoms with van der Waals surface area (Å²) in [6.07, 6.45) is 1.85. The van der Waals surface area contributed by atoms with E-state index in [4.69, 9.17) is 21.0 Å². The van der Waals surface area contributed by atoms with Crippen LogP contribution in [0, 0.1) is 11.3 Å². The van der Waals surface area contributed by atoms with E-state index in [0.29, 0.717) is 17.7 Å². The molecule has 1 aliphatic rings. The molecule has 2 heterocycles. The number of aromatic nitrogens is 1. The molecule has 0 unspecified atom stereocenters. The number of benzene rings is 1. The van der Waals surface area contributed by atoms with Gasteiger partial charge in [0.05, 0.1) is 24.1 Å². The molecule has 0 radical (unpaired) electrons. The van der Waals surface area contributed by atoms with Crippen molar-refractivity contribution in [2.24, 2.45) is 11.7 Å². The first-order chi connectivity index (χ1) is 12.9. The number of carboxylic acids is 1. The van der Waals surface area contributed by atoms with Crippen molar-refractivity contribution in [3.05, 3.63) is 48.2 Å². The maximum Gasteiger partial charge on any atom is 0.304 e. The minimum atomic E-state index is -0.975. The third-order valence-electron chi connectivity index (χ3n) is 4.38. The largest absolute Gasteiger partial charge is 0.491 e. The SMILES string of the molecule is N=C(N)c1ccc(-c2ccc(OC[C@@H]3C[C@@H](CC(=O)O)C(=O)N3)cc2)nc1.